The molecule has 0 aliphatic rings. The predicted molar refractivity (Wildman–Crippen MR) is 97.4 cm³/mol. The molecule has 25 heavy (non-hydrogen) atoms. The lowest BCUT2D eigenvalue weighted by Gasteiger charge is -2.14. The maximum absolute atomic E-state index is 12.9. The Balaban J connectivity index is 1.93. The van der Waals surface area contributed by atoms with E-state index in [2.05, 4.69) is 5.32 Å². The van der Waals surface area contributed by atoms with Crippen molar-refractivity contribution in [2.75, 3.05) is 11.1 Å². The lowest BCUT2D eigenvalue weighted by molar-refractivity contribution is -0.138. The third-order valence-corrected chi connectivity index (χ3v) is 5.06. The van der Waals surface area contributed by atoms with Gasteiger partial charge in [0.1, 0.15) is 5.82 Å². The van der Waals surface area contributed by atoms with Crippen LogP contribution in [0.5, 0.6) is 0 Å². The predicted octanol–water partition coefficient (Wildman–Crippen LogP) is 4.38. The van der Waals surface area contributed by atoms with Crippen molar-refractivity contribution in [2.24, 2.45) is 5.92 Å². The molecule has 2 atom stereocenters. The second kappa shape index (κ2) is 8.67. The van der Waals surface area contributed by atoms with E-state index >= 15 is 0 Å². The molecule has 0 radical (unpaired) electrons. The average Bonchev–Trinajstić information content (AvgIpc) is 2.60. The highest BCUT2D eigenvalue weighted by Gasteiger charge is 2.16. The Bertz CT molecular complexity index is 749. The number of benzene rings is 2. The molecule has 4 nitrogen and oxygen atoms in total. The van der Waals surface area contributed by atoms with E-state index < -0.39 is 11.9 Å². The zero-order valence-electron chi connectivity index (χ0n) is 14.0. The van der Waals surface area contributed by atoms with Crippen molar-refractivity contribution in [3.63, 3.8) is 0 Å². The Kier molecular flexibility index (Phi) is 6.58. The molecule has 0 heterocycles. The van der Waals surface area contributed by atoms with Crippen LogP contribution in [0.15, 0.2) is 53.4 Å². The average molecular weight is 361 g/mol. The molecule has 0 aliphatic carbocycles. The summed E-state index contributed by atoms with van der Waals surface area (Å²) in [6, 6.07) is 13.0. The normalized spacial score (nSPS) is 13.1. The van der Waals surface area contributed by atoms with Crippen molar-refractivity contribution in [1.82, 2.24) is 0 Å². The third kappa shape index (κ3) is 5.60. The Labute approximate surface area is 150 Å². The van der Waals surface area contributed by atoms with Crippen LogP contribution in [0.25, 0.3) is 0 Å². The van der Waals surface area contributed by atoms with Crippen LogP contribution >= 0.6 is 11.8 Å². The highest BCUT2D eigenvalue weighted by Crippen LogP contribution is 2.23. The van der Waals surface area contributed by atoms with Gasteiger partial charge in [0.2, 0.25) is 5.91 Å². The molecule has 2 unspecified atom stereocenters. The Morgan fingerprint density at radius 2 is 1.84 bits per heavy atom. The van der Waals surface area contributed by atoms with Gasteiger partial charge in [-0.3, -0.25) is 9.59 Å². The summed E-state index contributed by atoms with van der Waals surface area (Å²) in [5, 5.41) is 11.9. The van der Waals surface area contributed by atoms with Crippen LogP contribution in [0.4, 0.5) is 10.1 Å². The van der Waals surface area contributed by atoms with E-state index in [-0.39, 0.29) is 17.6 Å². The number of carboxylic acids is 1. The van der Waals surface area contributed by atoms with Gasteiger partial charge in [-0.1, -0.05) is 19.1 Å². The number of rotatable bonds is 7. The van der Waals surface area contributed by atoms with Gasteiger partial charge in [-0.25, -0.2) is 4.39 Å². The van der Waals surface area contributed by atoms with Gasteiger partial charge < -0.3 is 10.4 Å². The van der Waals surface area contributed by atoms with E-state index in [0.29, 0.717) is 17.0 Å². The molecule has 2 N–H and O–H groups in total. The minimum absolute atomic E-state index is 0.144. The van der Waals surface area contributed by atoms with E-state index in [1.807, 2.05) is 6.92 Å². The molecule has 0 fully saturated rings. The molecule has 2 aromatic rings. The van der Waals surface area contributed by atoms with Crippen LogP contribution in [-0.4, -0.2) is 22.7 Å². The molecule has 0 aliphatic heterocycles. The van der Waals surface area contributed by atoms with E-state index in [1.165, 1.54) is 23.9 Å². The molecule has 0 aromatic heterocycles. The first-order valence-electron chi connectivity index (χ1n) is 7.89. The number of carbonyl (C=O) groups excluding carboxylic acids is 1. The fraction of sp³-hybridized carbons (Fsp3) is 0.263. The maximum Gasteiger partial charge on any atom is 0.310 e. The van der Waals surface area contributed by atoms with Crippen LogP contribution in [0.3, 0.4) is 0 Å². The summed E-state index contributed by atoms with van der Waals surface area (Å²) in [6.07, 6.45) is 0. The summed E-state index contributed by atoms with van der Waals surface area (Å²) in [6.45, 7) is 3.42. The number of halogens is 1. The third-order valence-electron chi connectivity index (χ3n) is 3.79. The SMILES string of the molecule is CC(CSc1ccc(F)cc1)C(=O)Nc1cccc(C(C)C(=O)O)c1. The number of hydrogen-bond acceptors (Lipinski definition) is 3. The second-order valence-corrected chi connectivity index (χ2v) is 6.93. The fourth-order valence-corrected chi connectivity index (χ4v) is 3.04. The molecule has 0 bridgehead atoms. The van der Waals surface area contributed by atoms with Crippen LogP contribution in [0.2, 0.25) is 0 Å². The quantitative estimate of drug-likeness (QED) is 0.718. The molecule has 2 aromatic carbocycles. The van der Waals surface area contributed by atoms with Crippen molar-refractivity contribution >= 4 is 29.3 Å². The van der Waals surface area contributed by atoms with Crippen molar-refractivity contribution in [1.29, 1.82) is 0 Å². The molecule has 0 spiro atoms. The highest BCUT2D eigenvalue weighted by atomic mass is 32.2. The fourth-order valence-electron chi connectivity index (χ4n) is 2.12. The van der Waals surface area contributed by atoms with Crippen LogP contribution in [0, 0.1) is 11.7 Å². The Hall–Kier alpha value is -2.34. The maximum atomic E-state index is 12.9. The van der Waals surface area contributed by atoms with E-state index in [9.17, 15) is 14.0 Å². The lowest BCUT2D eigenvalue weighted by Crippen LogP contribution is -2.22. The van der Waals surface area contributed by atoms with Crippen molar-refractivity contribution in [2.45, 2.75) is 24.7 Å². The summed E-state index contributed by atoms with van der Waals surface area (Å²) < 4.78 is 12.9. The minimum atomic E-state index is -0.910. The topological polar surface area (TPSA) is 66.4 Å². The second-order valence-electron chi connectivity index (χ2n) is 5.84. The van der Waals surface area contributed by atoms with Crippen molar-refractivity contribution < 1.29 is 19.1 Å². The highest BCUT2D eigenvalue weighted by molar-refractivity contribution is 7.99. The van der Waals surface area contributed by atoms with Gasteiger partial charge >= 0.3 is 5.97 Å². The van der Waals surface area contributed by atoms with Gasteiger partial charge in [-0.15, -0.1) is 11.8 Å². The van der Waals surface area contributed by atoms with Gasteiger partial charge in [0.15, 0.2) is 0 Å². The Morgan fingerprint density at radius 3 is 2.48 bits per heavy atom. The van der Waals surface area contributed by atoms with Crippen molar-refractivity contribution in [3.8, 4) is 0 Å². The van der Waals surface area contributed by atoms with Crippen LogP contribution < -0.4 is 5.32 Å². The first kappa shape index (κ1) is 19.0. The van der Waals surface area contributed by atoms with E-state index in [1.54, 1.807) is 43.3 Å². The molecule has 2 rings (SSSR count). The largest absolute Gasteiger partial charge is 0.481 e. The Morgan fingerprint density at radius 1 is 1.16 bits per heavy atom. The number of amides is 1. The van der Waals surface area contributed by atoms with Crippen molar-refractivity contribution in [3.05, 3.63) is 59.9 Å². The summed E-state index contributed by atoms with van der Waals surface area (Å²) >= 11 is 1.48. The molecular formula is C19H20FNO3S. The summed E-state index contributed by atoms with van der Waals surface area (Å²) in [4.78, 5) is 24.3. The number of nitrogens with one attached hydrogen (secondary N) is 1. The van der Waals surface area contributed by atoms with Crippen LogP contribution in [-0.2, 0) is 9.59 Å². The number of carboxylic acid groups (broad SMARTS) is 1. The summed E-state index contributed by atoms with van der Waals surface area (Å²) in [7, 11) is 0. The monoisotopic (exact) mass is 361 g/mol. The number of carbonyl (C=O) groups is 2. The van der Waals surface area contributed by atoms with Gasteiger partial charge in [0, 0.05) is 22.3 Å². The van der Waals surface area contributed by atoms with Gasteiger partial charge in [0.05, 0.1) is 5.92 Å². The van der Waals surface area contributed by atoms with E-state index in [4.69, 9.17) is 5.11 Å². The van der Waals surface area contributed by atoms with Crippen LogP contribution in [0.1, 0.15) is 25.3 Å². The van der Waals surface area contributed by atoms with Gasteiger partial charge in [-0.2, -0.15) is 0 Å². The number of anilines is 1. The number of thioether (sulfide) groups is 1. The smallest absolute Gasteiger partial charge is 0.310 e. The number of hydrogen-bond donors (Lipinski definition) is 2. The molecule has 0 saturated heterocycles. The summed E-state index contributed by atoms with van der Waals surface area (Å²) in [5.41, 5.74) is 1.22. The first-order valence-corrected chi connectivity index (χ1v) is 8.87. The minimum Gasteiger partial charge on any atom is -0.481 e. The zero-order chi connectivity index (χ0) is 18.4. The molecular weight excluding hydrogens is 341 g/mol. The van der Waals surface area contributed by atoms with Gasteiger partial charge in [-0.05, 0) is 48.9 Å². The zero-order valence-corrected chi connectivity index (χ0v) is 14.8. The standard InChI is InChI=1S/C19H20FNO3S/c1-12(11-25-17-8-6-15(20)7-9-17)18(22)21-16-5-3-4-14(10-16)13(2)19(23)24/h3-10,12-13H,11H2,1-2H3,(H,21,22)(H,23,24). The first-order chi connectivity index (χ1) is 11.9. The molecule has 0 saturated carbocycles. The van der Waals surface area contributed by atoms with Gasteiger partial charge in [0.25, 0.3) is 0 Å². The molecule has 6 heteroatoms. The summed E-state index contributed by atoms with van der Waals surface area (Å²) in [5.74, 6) is -1.67. The number of aliphatic carboxylic acids is 1. The van der Waals surface area contributed by atoms with E-state index in [0.717, 1.165) is 4.90 Å². The molecule has 132 valence electrons. The molecule has 1 amide bonds. The lowest BCUT2D eigenvalue weighted by atomic mass is 10.0.